The van der Waals surface area contributed by atoms with Gasteiger partial charge in [-0.2, -0.15) is 24.8 Å². The second-order valence-electron chi connectivity index (χ2n) is 8.09. The average molecular weight is 461 g/mol. The van der Waals surface area contributed by atoms with Crippen LogP contribution >= 0.6 is 0 Å². The lowest BCUT2D eigenvalue weighted by Crippen LogP contribution is -2.59. The number of carbonyl (C=O) groups is 1. The maximum Gasteiger partial charge on any atom is 0.341 e. The molecule has 3 aromatic rings. The third-order valence-corrected chi connectivity index (χ3v) is 5.74. The van der Waals surface area contributed by atoms with Crippen molar-refractivity contribution in [3.63, 3.8) is 0 Å². The SMILES string of the molecule is Cc1cnn(C)c1-c1ncc(F)c(OC2CN(C(=O)N3N=CC[C@H]3c3cncc(C#N)c3)C2)n1. The zero-order valence-corrected chi connectivity index (χ0v) is 18.5. The molecule has 2 aliphatic heterocycles. The molecule has 1 atom stereocenters. The monoisotopic (exact) mass is 461 g/mol. The van der Waals surface area contributed by atoms with Gasteiger partial charge < -0.3 is 9.64 Å². The number of halogens is 1. The van der Waals surface area contributed by atoms with Crippen molar-refractivity contribution in [2.24, 2.45) is 12.1 Å². The minimum atomic E-state index is -0.678. The lowest BCUT2D eigenvalue weighted by molar-refractivity contribution is 0.0230. The Kier molecular flexibility index (Phi) is 5.37. The molecule has 3 aromatic heterocycles. The zero-order valence-electron chi connectivity index (χ0n) is 18.5. The first kappa shape index (κ1) is 21.4. The predicted octanol–water partition coefficient (Wildman–Crippen LogP) is 2.21. The van der Waals surface area contributed by atoms with Gasteiger partial charge in [-0.1, -0.05) is 0 Å². The fourth-order valence-electron chi connectivity index (χ4n) is 3.96. The topological polar surface area (TPSA) is 125 Å². The smallest absolute Gasteiger partial charge is 0.341 e. The average Bonchev–Trinajstić information content (AvgIpc) is 3.43. The molecule has 0 N–H and O–H groups in total. The van der Waals surface area contributed by atoms with Crippen molar-refractivity contribution in [3.05, 3.63) is 53.4 Å². The Bertz CT molecular complexity index is 1310. The van der Waals surface area contributed by atoms with Crippen LogP contribution in [0, 0.1) is 24.1 Å². The van der Waals surface area contributed by atoms with Gasteiger partial charge in [0.25, 0.3) is 5.88 Å². The molecular weight excluding hydrogens is 441 g/mol. The molecule has 11 nitrogen and oxygen atoms in total. The molecule has 0 saturated carbocycles. The quantitative estimate of drug-likeness (QED) is 0.583. The van der Waals surface area contributed by atoms with E-state index >= 15 is 0 Å². The molecule has 1 saturated heterocycles. The van der Waals surface area contributed by atoms with Crippen molar-refractivity contribution in [2.75, 3.05) is 13.1 Å². The Morgan fingerprint density at radius 2 is 2.09 bits per heavy atom. The van der Waals surface area contributed by atoms with Crippen LogP contribution in [0.15, 0.2) is 36.0 Å². The van der Waals surface area contributed by atoms with Gasteiger partial charge in [-0.15, -0.1) is 0 Å². The number of amides is 2. The largest absolute Gasteiger partial charge is 0.468 e. The first-order valence-corrected chi connectivity index (χ1v) is 10.6. The van der Waals surface area contributed by atoms with Crippen molar-refractivity contribution in [3.8, 4) is 23.5 Å². The van der Waals surface area contributed by atoms with Gasteiger partial charge >= 0.3 is 6.03 Å². The number of carbonyl (C=O) groups excluding carboxylic acids is 1. The van der Waals surface area contributed by atoms with Crippen molar-refractivity contribution < 1.29 is 13.9 Å². The second kappa shape index (κ2) is 8.51. The van der Waals surface area contributed by atoms with Crippen molar-refractivity contribution >= 4 is 12.2 Å². The Hall–Kier alpha value is -4.40. The van der Waals surface area contributed by atoms with Crippen LogP contribution in [0.5, 0.6) is 5.88 Å². The molecule has 2 amide bonds. The lowest BCUT2D eigenvalue weighted by Gasteiger charge is -2.40. The van der Waals surface area contributed by atoms with Crippen LogP contribution in [0.1, 0.15) is 29.2 Å². The van der Waals surface area contributed by atoms with E-state index in [-0.39, 0.29) is 31.0 Å². The van der Waals surface area contributed by atoms with Crippen LogP contribution in [0.2, 0.25) is 0 Å². The Labute approximate surface area is 194 Å². The van der Waals surface area contributed by atoms with Gasteiger partial charge in [-0.25, -0.2) is 14.8 Å². The first-order chi connectivity index (χ1) is 16.4. The molecule has 0 aliphatic carbocycles. The summed E-state index contributed by atoms with van der Waals surface area (Å²) < 4.78 is 21.7. The number of hydrazone groups is 1. The summed E-state index contributed by atoms with van der Waals surface area (Å²) in [7, 11) is 1.76. The van der Waals surface area contributed by atoms with Gasteiger partial charge in [-0.05, 0) is 24.1 Å². The van der Waals surface area contributed by atoms with Crippen LogP contribution in [-0.2, 0) is 7.05 Å². The number of aryl methyl sites for hydroxylation is 2. The first-order valence-electron chi connectivity index (χ1n) is 10.6. The molecule has 2 aliphatic rings. The highest BCUT2D eigenvalue weighted by Crippen LogP contribution is 2.31. The molecule has 1 fully saturated rings. The van der Waals surface area contributed by atoms with E-state index in [1.807, 2.05) is 6.92 Å². The number of nitrogens with zero attached hydrogens (tertiary/aromatic N) is 9. The van der Waals surface area contributed by atoms with E-state index in [9.17, 15) is 9.18 Å². The molecule has 5 rings (SSSR count). The van der Waals surface area contributed by atoms with E-state index in [4.69, 9.17) is 10.00 Å². The Balaban J connectivity index is 1.25. The predicted molar refractivity (Wildman–Crippen MR) is 117 cm³/mol. The van der Waals surface area contributed by atoms with Crippen LogP contribution in [0.25, 0.3) is 11.5 Å². The summed E-state index contributed by atoms with van der Waals surface area (Å²) in [6.45, 7) is 2.39. The highest BCUT2D eigenvalue weighted by atomic mass is 19.1. The molecule has 0 bridgehead atoms. The minimum Gasteiger partial charge on any atom is -0.468 e. The fourth-order valence-corrected chi connectivity index (χ4v) is 3.96. The fraction of sp³-hybridized carbons (Fsp3) is 0.318. The van der Waals surface area contributed by atoms with Crippen LogP contribution < -0.4 is 4.74 Å². The summed E-state index contributed by atoms with van der Waals surface area (Å²) in [5, 5.41) is 18.9. The molecular formula is C22H20FN9O2. The van der Waals surface area contributed by atoms with E-state index in [1.54, 1.807) is 41.3 Å². The number of nitriles is 1. The maximum absolute atomic E-state index is 14.3. The summed E-state index contributed by atoms with van der Waals surface area (Å²) in [4.78, 5) is 26.9. The van der Waals surface area contributed by atoms with Crippen LogP contribution in [-0.4, -0.2) is 66.1 Å². The zero-order chi connectivity index (χ0) is 23.8. The Morgan fingerprint density at radius 3 is 2.82 bits per heavy atom. The molecule has 172 valence electrons. The molecule has 5 heterocycles. The number of hydrogen-bond donors (Lipinski definition) is 0. The third kappa shape index (κ3) is 3.81. The van der Waals surface area contributed by atoms with E-state index in [1.165, 1.54) is 11.2 Å². The van der Waals surface area contributed by atoms with E-state index < -0.39 is 11.9 Å². The third-order valence-electron chi connectivity index (χ3n) is 5.74. The molecule has 0 aromatic carbocycles. The van der Waals surface area contributed by atoms with Crippen molar-refractivity contribution in [2.45, 2.75) is 25.5 Å². The molecule has 0 unspecified atom stereocenters. The van der Waals surface area contributed by atoms with Gasteiger partial charge in [0.05, 0.1) is 37.1 Å². The van der Waals surface area contributed by atoms with Gasteiger partial charge in [0.15, 0.2) is 5.82 Å². The number of ether oxygens (including phenoxy) is 1. The molecule has 0 radical (unpaired) electrons. The number of rotatable bonds is 4. The highest BCUT2D eigenvalue weighted by molar-refractivity contribution is 5.79. The van der Waals surface area contributed by atoms with Gasteiger partial charge in [0.1, 0.15) is 17.9 Å². The van der Waals surface area contributed by atoms with Gasteiger partial charge in [-0.3, -0.25) is 9.67 Å². The van der Waals surface area contributed by atoms with E-state index in [2.05, 4.69) is 31.2 Å². The molecule has 34 heavy (non-hydrogen) atoms. The van der Waals surface area contributed by atoms with Crippen LogP contribution in [0.3, 0.4) is 0 Å². The normalized spacial score (nSPS) is 17.5. The number of pyridine rings is 1. The number of likely N-dealkylation sites (tertiary alicyclic amines) is 1. The van der Waals surface area contributed by atoms with E-state index in [0.717, 1.165) is 17.3 Å². The van der Waals surface area contributed by atoms with E-state index in [0.29, 0.717) is 23.5 Å². The highest BCUT2D eigenvalue weighted by Gasteiger charge is 2.39. The lowest BCUT2D eigenvalue weighted by atomic mass is 10.1. The summed E-state index contributed by atoms with van der Waals surface area (Å²) >= 11 is 0. The standard InChI is InChI=1S/C22H20FN9O2/c1-13-7-28-30(2)19(13)20-26-10-17(23)21(29-20)34-16-11-31(12-16)22(33)32-18(3-4-27-32)15-5-14(6-24)8-25-9-15/h4-5,7-10,16,18H,3,11-12H2,1-2H3/t18-/m0/s1. The minimum absolute atomic E-state index is 0.167. The van der Waals surface area contributed by atoms with Crippen LogP contribution in [0.4, 0.5) is 9.18 Å². The second-order valence-corrected chi connectivity index (χ2v) is 8.09. The number of urea groups is 1. The van der Waals surface area contributed by atoms with Gasteiger partial charge in [0, 0.05) is 32.1 Å². The molecule has 12 heteroatoms. The molecule has 0 spiro atoms. The van der Waals surface area contributed by atoms with Crippen molar-refractivity contribution in [1.82, 2.24) is 34.6 Å². The summed E-state index contributed by atoms with van der Waals surface area (Å²) in [6.07, 6.45) is 7.61. The summed E-state index contributed by atoms with van der Waals surface area (Å²) in [5.41, 5.74) is 2.68. The Morgan fingerprint density at radius 1 is 1.26 bits per heavy atom. The summed E-state index contributed by atoms with van der Waals surface area (Å²) in [5.74, 6) is -0.537. The number of aromatic nitrogens is 5. The van der Waals surface area contributed by atoms with Crippen molar-refractivity contribution in [1.29, 1.82) is 5.26 Å². The van der Waals surface area contributed by atoms with Gasteiger partial charge in [0.2, 0.25) is 5.82 Å². The summed E-state index contributed by atoms with van der Waals surface area (Å²) in [6, 6.07) is 3.12. The maximum atomic E-state index is 14.3. The number of hydrogen-bond acceptors (Lipinski definition) is 8.